The van der Waals surface area contributed by atoms with Gasteiger partial charge in [0.1, 0.15) is 5.60 Å². The lowest BCUT2D eigenvalue weighted by molar-refractivity contribution is -0.0166. The van der Waals surface area contributed by atoms with Crippen molar-refractivity contribution in [3.8, 4) is 0 Å². The second-order valence-corrected chi connectivity index (χ2v) is 7.71. The third-order valence-corrected chi connectivity index (χ3v) is 5.65. The number of aliphatic hydroxyl groups is 1. The maximum Gasteiger partial charge on any atom is 0.134 e. The summed E-state index contributed by atoms with van der Waals surface area (Å²) in [5.41, 5.74) is 2.83. The van der Waals surface area contributed by atoms with Gasteiger partial charge in [0.2, 0.25) is 0 Å². The van der Waals surface area contributed by atoms with Gasteiger partial charge in [0.05, 0.1) is 6.04 Å². The van der Waals surface area contributed by atoms with Gasteiger partial charge in [-0.05, 0) is 29.3 Å². The Balaban J connectivity index is 1.88. The lowest BCUT2D eigenvalue weighted by atomic mass is 9.76. The number of hydrogen-bond acceptors (Lipinski definition) is 2. The average molecular weight is 394 g/mol. The van der Waals surface area contributed by atoms with Gasteiger partial charge >= 0.3 is 0 Å². The molecule has 4 aromatic rings. The predicted molar refractivity (Wildman–Crippen MR) is 123 cm³/mol. The van der Waals surface area contributed by atoms with Crippen molar-refractivity contribution in [1.82, 2.24) is 4.90 Å². The molecule has 1 atom stereocenters. The standard InChI is InChI=1S/C28H27NO/c1-29(22-23-14-6-2-7-15-23)27(24-16-8-3-9-17-24)28(30,25-18-10-4-11-19-25)26-20-12-5-13-21-26/h2-21,27,30H,22H2,1H3/t27-/m0/s1. The van der Waals surface area contributed by atoms with E-state index in [2.05, 4.69) is 48.3 Å². The summed E-state index contributed by atoms with van der Waals surface area (Å²) in [6.07, 6.45) is 0. The van der Waals surface area contributed by atoms with Crippen molar-refractivity contribution in [3.05, 3.63) is 144 Å². The Morgan fingerprint density at radius 2 is 1.03 bits per heavy atom. The van der Waals surface area contributed by atoms with Crippen LogP contribution in [0.4, 0.5) is 0 Å². The Hall–Kier alpha value is -3.20. The summed E-state index contributed by atoms with van der Waals surface area (Å²) in [5.74, 6) is 0. The smallest absolute Gasteiger partial charge is 0.134 e. The third kappa shape index (κ3) is 4.06. The molecule has 0 unspecified atom stereocenters. The molecule has 0 amide bonds. The van der Waals surface area contributed by atoms with E-state index in [9.17, 15) is 5.11 Å². The molecule has 0 aliphatic rings. The predicted octanol–water partition coefficient (Wildman–Crippen LogP) is 5.80. The van der Waals surface area contributed by atoms with E-state index in [-0.39, 0.29) is 6.04 Å². The van der Waals surface area contributed by atoms with E-state index in [1.165, 1.54) is 5.56 Å². The third-order valence-electron chi connectivity index (χ3n) is 5.65. The Morgan fingerprint density at radius 1 is 0.633 bits per heavy atom. The highest BCUT2D eigenvalue weighted by atomic mass is 16.3. The number of nitrogens with zero attached hydrogens (tertiary/aromatic N) is 1. The largest absolute Gasteiger partial charge is 0.378 e. The molecule has 2 heteroatoms. The highest BCUT2D eigenvalue weighted by Gasteiger charge is 2.43. The number of rotatable bonds is 7. The SMILES string of the molecule is CN(Cc1ccccc1)[C@@H](c1ccccc1)C(O)(c1ccccc1)c1ccccc1. The van der Waals surface area contributed by atoms with Crippen LogP contribution in [0.5, 0.6) is 0 Å². The first-order valence-electron chi connectivity index (χ1n) is 10.3. The maximum atomic E-state index is 12.5. The fourth-order valence-corrected chi connectivity index (χ4v) is 4.28. The van der Waals surface area contributed by atoms with Crippen LogP contribution in [-0.2, 0) is 12.1 Å². The Morgan fingerprint density at radius 3 is 1.50 bits per heavy atom. The summed E-state index contributed by atoms with van der Waals surface area (Å²) >= 11 is 0. The minimum atomic E-state index is -1.21. The van der Waals surface area contributed by atoms with Crippen LogP contribution in [0.2, 0.25) is 0 Å². The summed E-state index contributed by atoms with van der Waals surface area (Å²) in [6, 6.07) is 40.4. The van der Waals surface area contributed by atoms with E-state index in [4.69, 9.17) is 0 Å². The zero-order chi connectivity index (χ0) is 20.8. The molecule has 30 heavy (non-hydrogen) atoms. The van der Waals surface area contributed by atoms with Crippen molar-refractivity contribution < 1.29 is 5.11 Å². The first kappa shape index (κ1) is 20.1. The molecular weight excluding hydrogens is 366 g/mol. The molecule has 2 nitrogen and oxygen atoms in total. The van der Waals surface area contributed by atoms with Crippen LogP contribution in [0, 0.1) is 0 Å². The van der Waals surface area contributed by atoms with Gasteiger partial charge < -0.3 is 5.11 Å². The number of likely N-dealkylation sites (N-methyl/N-ethyl adjacent to an activating group) is 1. The van der Waals surface area contributed by atoms with Crippen LogP contribution in [0.3, 0.4) is 0 Å². The zero-order valence-electron chi connectivity index (χ0n) is 17.2. The minimum Gasteiger partial charge on any atom is -0.378 e. The van der Waals surface area contributed by atoms with E-state index in [1.807, 2.05) is 84.9 Å². The highest BCUT2D eigenvalue weighted by molar-refractivity contribution is 5.41. The number of hydrogen-bond donors (Lipinski definition) is 1. The van der Waals surface area contributed by atoms with Crippen molar-refractivity contribution in [2.75, 3.05) is 7.05 Å². The topological polar surface area (TPSA) is 23.5 Å². The van der Waals surface area contributed by atoms with Gasteiger partial charge in [-0.25, -0.2) is 0 Å². The van der Waals surface area contributed by atoms with Crippen LogP contribution < -0.4 is 0 Å². The summed E-state index contributed by atoms with van der Waals surface area (Å²) in [6.45, 7) is 0.725. The lowest BCUT2D eigenvalue weighted by Gasteiger charge is -2.42. The van der Waals surface area contributed by atoms with Crippen LogP contribution in [0.25, 0.3) is 0 Å². The molecule has 0 radical (unpaired) electrons. The van der Waals surface area contributed by atoms with Gasteiger partial charge in [0.25, 0.3) is 0 Å². The molecule has 0 aliphatic heterocycles. The maximum absolute atomic E-state index is 12.5. The fourth-order valence-electron chi connectivity index (χ4n) is 4.28. The van der Waals surface area contributed by atoms with Crippen LogP contribution in [-0.4, -0.2) is 17.1 Å². The molecule has 0 aromatic heterocycles. The van der Waals surface area contributed by atoms with Gasteiger partial charge in [-0.1, -0.05) is 121 Å². The van der Waals surface area contributed by atoms with Crippen LogP contribution in [0.15, 0.2) is 121 Å². The molecule has 150 valence electrons. The van der Waals surface area contributed by atoms with Gasteiger partial charge in [-0.2, -0.15) is 0 Å². The molecule has 0 heterocycles. The molecule has 0 spiro atoms. The second-order valence-electron chi connectivity index (χ2n) is 7.71. The molecule has 4 aromatic carbocycles. The van der Waals surface area contributed by atoms with Crippen LogP contribution in [0.1, 0.15) is 28.3 Å². The van der Waals surface area contributed by atoms with Gasteiger partial charge in [0, 0.05) is 6.54 Å². The fraction of sp³-hybridized carbons (Fsp3) is 0.143. The van der Waals surface area contributed by atoms with E-state index in [0.717, 1.165) is 23.2 Å². The second kappa shape index (κ2) is 9.08. The molecule has 0 aliphatic carbocycles. The highest BCUT2D eigenvalue weighted by Crippen LogP contribution is 2.44. The molecule has 1 N–H and O–H groups in total. The molecule has 0 saturated heterocycles. The first-order valence-corrected chi connectivity index (χ1v) is 10.3. The summed E-state index contributed by atoms with van der Waals surface area (Å²) in [5, 5.41) is 12.5. The van der Waals surface area contributed by atoms with Crippen molar-refractivity contribution in [1.29, 1.82) is 0 Å². The normalized spacial score (nSPS) is 12.6. The van der Waals surface area contributed by atoms with Crippen molar-refractivity contribution in [2.24, 2.45) is 0 Å². The minimum absolute atomic E-state index is 0.274. The Labute approximate surface area is 179 Å². The van der Waals surface area contributed by atoms with Crippen molar-refractivity contribution in [2.45, 2.75) is 18.2 Å². The monoisotopic (exact) mass is 393 g/mol. The van der Waals surface area contributed by atoms with Gasteiger partial charge in [-0.15, -0.1) is 0 Å². The van der Waals surface area contributed by atoms with Gasteiger partial charge in [-0.3, -0.25) is 4.90 Å². The molecule has 4 rings (SSSR count). The number of benzene rings is 4. The Bertz CT molecular complexity index is 994. The molecule has 0 saturated carbocycles. The zero-order valence-corrected chi connectivity index (χ0v) is 17.2. The Kier molecular flexibility index (Phi) is 6.08. The molecule has 0 fully saturated rings. The van der Waals surface area contributed by atoms with Crippen LogP contribution >= 0.6 is 0 Å². The van der Waals surface area contributed by atoms with E-state index in [1.54, 1.807) is 0 Å². The van der Waals surface area contributed by atoms with Crippen molar-refractivity contribution in [3.63, 3.8) is 0 Å². The summed E-state index contributed by atoms with van der Waals surface area (Å²) in [4.78, 5) is 2.24. The lowest BCUT2D eigenvalue weighted by Crippen LogP contribution is -2.43. The van der Waals surface area contributed by atoms with Gasteiger partial charge in [0.15, 0.2) is 0 Å². The summed E-state index contributed by atoms with van der Waals surface area (Å²) < 4.78 is 0. The first-order chi connectivity index (χ1) is 14.7. The average Bonchev–Trinajstić information content (AvgIpc) is 2.81. The van der Waals surface area contributed by atoms with E-state index >= 15 is 0 Å². The quantitative estimate of drug-likeness (QED) is 0.429. The summed E-state index contributed by atoms with van der Waals surface area (Å²) in [7, 11) is 2.08. The van der Waals surface area contributed by atoms with E-state index in [0.29, 0.717) is 0 Å². The molecule has 0 bridgehead atoms. The molecular formula is C28H27NO. The van der Waals surface area contributed by atoms with Crippen molar-refractivity contribution >= 4 is 0 Å². The van der Waals surface area contributed by atoms with E-state index < -0.39 is 5.60 Å².